The summed E-state index contributed by atoms with van der Waals surface area (Å²) >= 11 is 1.65. The molecule has 0 N–H and O–H groups in total. The molecule has 1 fully saturated rings. The summed E-state index contributed by atoms with van der Waals surface area (Å²) in [6.07, 6.45) is 1.61. The summed E-state index contributed by atoms with van der Waals surface area (Å²) in [4.78, 5) is 30.2. The van der Waals surface area contributed by atoms with Crippen molar-refractivity contribution in [3.8, 4) is 0 Å². The molecule has 6 nitrogen and oxygen atoms in total. The average Bonchev–Trinajstić information content (AvgIpc) is 3.03. The molecule has 0 radical (unpaired) electrons. The van der Waals surface area contributed by atoms with Crippen LogP contribution in [-0.2, 0) is 0 Å². The third kappa shape index (κ3) is 3.03. The molecular weight excluding hydrogens is 346 g/mol. The highest BCUT2D eigenvalue weighted by molar-refractivity contribution is 7.18. The highest BCUT2D eigenvalue weighted by Gasteiger charge is 2.24. The Labute approximate surface area is 156 Å². The molecule has 26 heavy (non-hydrogen) atoms. The van der Waals surface area contributed by atoms with Gasteiger partial charge in [-0.25, -0.2) is 15.0 Å². The number of piperazine rings is 1. The van der Waals surface area contributed by atoms with Gasteiger partial charge in [-0.15, -0.1) is 11.3 Å². The Kier molecular flexibility index (Phi) is 4.32. The smallest absolute Gasteiger partial charge is 0.254 e. The number of carbonyl (C=O) groups is 1. The van der Waals surface area contributed by atoms with Crippen LogP contribution in [0.15, 0.2) is 24.5 Å². The summed E-state index contributed by atoms with van der Waals surface area (Å²) in [6.45, 7) is 8.97. The molecule has 3 heterocycles. The molecule has 1 aliphatic rings. The maximum atomic E-state index is 12.9. The van der Waals surface area contributed by atoms with Crippen LogP contribution in [-0.4, -0.2) is 51.9 Å². The van der Waals surface area contributed by atoms with Gasteiger partial charge in [0.05, 0.1) is 15.2 Å². The summed E-state index contributed by atoms with van der Waals surface area (Å²) in [6, 6.07) is 5.81. The van der Waals surface area contributed by atoms with E-state index in [2.05, 4.69) is 19.9 Å². The molecule has 0 aliphatic carbocycles. The molecule has 7 heteroatoms. The van der Waals surface area contributed by atoms with Gasteiger partial charge in [0.25, 0.3) is 5.91 Å². The lowest BCUT2D eigenvalue weighted by Gasteiger charge is -2.36. The number of aromatic nitrogens is 3. The quantitative estimate of drug-likeness (QED) is 0.697. The summed E-state index contributed by atoms with van der Waals surface area (Å²) in [5.41, 5.74) is 3.73. The number of rotatable bonds is 2. The van der Waals surface area contributed by atoms with E-state index in [1.807, 2.05) is 43.9 Å². The Morgan fingerprint density at radius 1 is 1.08 bits per heavy atom. The first kappa shape index (κ1) is 16.9. The second kappa shape index (κ2) is 6.64. The predicted octanol–water partition coefficient (Wildman–Crippen LogP) is 2.97. The lowest BCUT2D eigenvalue weighted by atomic mass is 10.1. The standard InChI is InChI=1S/C19H21N5OS/c1-12-13(2)20-11-21-18(12)23-6-8-24(9-7-23)19(25)15-4-5-17-16(10-15)22-14(3)26-17/h4-5,10-11H,6-9H2,1-3H3. The topological polar surface area (TPSA) is 62.2 Å². The van der Waals surface area contributed by atoms with Crippen LogP contribution >= 0.6 is 11.3 Å². The molecule has 0 saturated carbocycles. The number of anilines is 1. The second-order valence-electron chi connectivity index (χ2n) is 6.60. The molecular formula is C19H21N5OS. The van der Waals surface area contributed by atoms with Crippen LogP contribution in [0.2, 0.25) is 0 Å². The fourth-order valence-corrected chi connectivity index (χ4v) is 4.13. The molecule has 0 spiro atoms. The van der Waals surface area contributed by atoms with Gasteiger partial charge >= 0.3 is 0 Å². The zero-order chi connectivity index (χ0) is 18.3. The fourth-order valence-electron chi connectivity index (χ4n) is 3.32. The van der Waals surface area contributed by atoms with E-state index in [4.69, 9.17) is 0 Å². The molecule has 1 aromatic carbocycles. The van der Waals surface area contributed by atoms with E-state index in [0.29, 0.717) is 18.7 Å². The highest BCUT2D eigenvalue weighted by Crippen LogP contribution is 2.24. The fraction of sp³-hybridized carbons (Fsp3) is 0.368. The number of fused-ring (bicyclic) bond motifs is 1. The maximum absolute atomic E-state index is 12.9. The Balaban J connectivity index is 1.48. The van der Waals surface area contributed by atoms with Crippen LogP contribution in [0.3, 0.4) is 0 Å². The van der Waals surface area contributed by atoms with Gasteiger partial charge in [-0.2, -0.15) is 0 Å². The number of amides is 1. The van der Waals surface area contributed by atoms with Crippen molar-refractivity contribution in [3.05, 3.63) is 46.4 Å². The SMILES string of the molecule is Cc1nc2cc(C(=O)N3CCN(c4ncnc(C)c4C)CC3)ccc2s1. The normalized spacial score (nSPS) is 14.9. The molecule has 1 saturated heterocycles. The van der Waals surface area contributed by atoms with E-state index in [9.17, 15) is 4.79 Å². The van der Waals surface area contributed by atoms with E-state index in [1.165, 1.54) is 0 Å². The minimum atomic E-state index is 0.0767. The van der Waals surface area contributed by atoms with Crippen molar-refractivity contribution >= 4 is 33.3 Å². The number of nitrogens with zero attached hydrogens (tertiary/aromatic N) is 5. The van der Waals surface area contributed by atoms with E-state index in [1.54, 1.807) is 17.7 Å². The van der Waals surface area contributed by atoms with E-state index in [-0.39, 0.29) is 5.91 Å². The van der Waals surface area contributed by atoms with Crippen molar-refractivity contribution in [1.82, 2.24) is 19.9 Å². The summed E-state index contributed by atoms with van der Waals surface area (Å²) in [7, 11) is 0. The Morgan fingerprint density at radius 2 is 1.85 bits per heavy atom. The lowest BCUT2D eigenvalue weighted by molar-refractivity contribution is 0.0746. The van der Waals surface area contributed by atoms with Gasteiger partial charge in [0.1, 0.15) is 12.1 Å². The molecule has 1 aliphatic heterocycles. The third-order valence-corrected chi connectivity index (χ3v) is 5.87. The monoisotopic (exact) mass is 367 g/mol. The molecule has 0 atom stereocenters. The zero-order valence-electron chi connectivity index (χ0n) is 15.2. The van der Waals surface area contributed by atoms with Crippen molar-refractivity contribution in [2.75, 3.05) is 31.1 Å². The van der Waals surface area contributed by atoms with Crippen molar-refractivity contribution in [2.45, 2.75) is 20.8 Å². The minimum Gasteiger partial charge on any atom is -0.353 e. The first-order valence-electron chi connectivity index (χ1n) is 8.72. The second-order valence-corrected chi connectivity index (χ2v) is 7.84. The van der Waals surface area contributed by atoms with Gasteiger partial charge in [0.2, 0.25) is 0 Å². The van der Waals surface area contributed by atoms with Gasteiger partial charge in [-0.05, 0) is 39.0 Å². The van der Waals surface area contributed by atoms with E-state index < -0.39 is 0 Å². The van der Waals surface area contributed by atoms with Gasteiger partial charge in [0, 0.05) is 43.0 Å². The van der Waals surface area contributed by atoms with Crippen LogP contribution in [0, 0.1) is 20.8 Å². The van der Waals surface area contributed by atoms with Crippen molar-refractivity contribution in [3.63, 3.8) is 0 Å². The van der Waals surface area contributed by atoms with Gasteiger partial charge in [-0.3, -0.25) is 4.79 Å². The number of benzene rings is 1. The summed E-state index contributed by atoms with van der Waals surface area (Å²) < 4.78 is 1.12. The molecule has 2 aromatic heterocycles. The first-order chi connectivity index (χ1) is 12.5. The lowest BCUT2D eigenvalue weighted by Crippen LogP contribution is -2.49. The van der Waals surface area contributed by atoms with Crippen LogP contribution in [0.5, 0.6) is 0 Å². The predicted molar refractivity (Wildman–Crippen MR) is 104 cm³/mol. The van der Waals surface area contributed by atoms with Crippen molar-refractivity contribution in [1.29, 1.82) is 0 Å². The average molecular weight is 367 g/mol. The molecule has 0 unspecified atom stereocenters. The van der Waals surface area contributed by atoms with Gasteiger partial charge < -0.3 is 9.80 Å². The van der Waals surface area contributed by atoms with E-state index in [0.717, 1.165) is 45.4 Å². The molecule has 1 amide bonds. The molecule has 4 rings (SSSR count). The van der Waals surface area contributed by atoms with Crippen LogP contribution < -0.4 is 4.90 Å². The number of thiazole rings is 1. The molecule has 0 bridgehead atoms. The van der Waals surface area contributed by atoms with Gasteiger partial charge in [-0.1, -0.05) is 0 Å². The number of carbonyl (C=O) groups excluding carboxylic acids is 1. The maximum Gasteiger partial charge on any atom is 0.254 e. The number of aryl methyl sites for hydroxylation is 2. The Bertz CT molecular complexity index is 975. The van der Waals surface area contributed by atoms with Crippen LogP contribution in [0.1, 0.15) is 26.6 Å². The third-order valence-electron chi connectivity index (χ3n) is 4.92. The molecule has 3 aromatic rings. The summed E-state index contributed by atoms with van der Waals surface area (Å²) in [5, 5.41) is 1.02. The zero-order valence-corrected chi connectivity index (χ0v) is 16.0. The Morgan fingerprint density at radius 3 is 2.62 bits per heavy atom. The Hall–Kier alpha value is -2.54. The van der Waals surface area contributed by atoms with Gasteiger partial charge in [0.15, 0.2) is 0 Å². The molecule has 134 valence electrons. The van der Waals surface area contributed by atoms with Crippen LogP contribution in [0.4, 0.5) is 5.82 Å². The highest BCUT2D eigenvalue weighted by atomic mass is 32.1. The number of hydrogen-bond acceptors (Lipinski definition) is 6. The minimum absolute atomic E-state index is 0.0767. The van der Waals surface area contributed by atoms with Crippen molar-refractivity contribution < 1.29 is 4.79 Å². The van der Waals surface area contributed by atoms with Crippen LogP contribution in [0.25, 0.3) is 10.2 Å². The number of hydrogen-bond donors (Lipinski definition) is 0. The largest absolute Gasteiger partial charge is 0.353 e. The van der Waals surface area contributed by atoms with Crippen molar-refractivity contribution in [2.24, 2.45) is 0 Å². The first-order valence-corrected chi connectivity index (χ1v) is 9.54. The van der Waals surface area contributed by atoms with E-state index >= 15 is 0 Å². The summed E-state index contributed by atoms with van der Waals surface area (Å²) in [5.74, 6) is 1.05.